The summed E-state index contributed by atoms with van der Waals surface area (Å²) in [6.45, 7) is 5.14. The van der Waals surface area contributed by atoms with Crippen LogP contribution in [0.3, 0.4) is 0 Å². The smallest absolute Gasteiger partial charge is 0.141 e. The molecule has 0 saturated heterocycles. The molecule has 1 aromatic carbocycles. The van der Waals surface area contributed by atoms with Crippen LogP contribution < -0.4 is 0 Å². The van der Waals surface area contributed by atoms with E-state index in [9.17, 15) is 9.59 Å². The third-order valence-electron chi connectivity index (χ3n) is 3.78. The Morgan fingerprint density at radius 3 is 2.18 bits per heavy atom. The van der Waals surface area contributed by atoms with Crippen molar-refractivity contribution in [3.63, 3.8) is 0 Å². The average molecular weight is 298 g/mol. The second-order valence-electron chi connectivity index (χ2n) is 5.72. The number of rotatable bonds is 8. The van der Waals surface area contributed by atoms with Gasteiger partial charge in [-0.2, -0.15) is 0 Å². The molecule has 0 aromatic heterocycles. The minimum absolute atomic E-state index is 0.110. The number of hydrogen-bond acceptors (Lipinski definition) is 2. The molecular formula is C20H26O2. The van der Waals surface area contributed by atoms with Crippen molar-refractivity contribution in [2.45, 2.75) is 58.8 Å². The lowest BCUT2D eigenvalue weighted by Crippen LogP contribution is -2.26. The van der Waals surface area contributed by atoms with E-state index in [4.69, 9.17) is 0 Å². The topological polar surface area (TPSA) is 34.1 Å². The number of ketones is 2. The largest absolute Gasteiger partial charge is 0.299 e. The molecule has 1 atom stereocenters. The van der Waals surface area contributed by atoms with Gasteiger partial charge in [0.2, 0.25) is 0 Å². The van der Waals surface area contributed by atoms with Crippen molar-refractivity contribution in [3.05, 3.63) is 35.9 Å². The van der Waals surface area contributed by atoms with Crippen molar-refractivity contribution in [2.75, 3.05) is 0 Å². The van der Waals surface area contributed by atoms with Crippen molar-refractivity contribution in [1.82, 2.24) is 0 Å². The zero-order valence-electron chi connectivity index (χ0n) is 13.9. The fourth-order valence-electron chi connectivity index (χ4n) is 2.60. The van der Waals surface area contributed by atoms with E-state index in [-0.39, 0.29) is 17.5 Å². The van der Waals surface area contributed by atoms with Gasteiger partial charge in [-0.05, 0) is 25.8 Å². The van der Waals surface area contributed by atoms with Crippen molar-refractivity contribution < 1.29 is 9.59 Å². The number of hydrogen-bond donors (Lipinski definition) is 0. The summed E-state index contributed by atoms with van der Waals surface area (Å²) in [4.78, 5) is 23.8. The summed E-state index contributed by atoms with van der Waals surface area (Å²) in [6, 6.07) is 9.64. The lowest BCUT2D eigenvalue weighted by molar-refractivity contribution is -0.130. The second-order valence-corrected chi connectivity index (χ2v) is 5.72. The van der Waals surface area contributed by atoms with Crippen LogP contribution in [-0.4, -0.2) is 11.6 Å². The van der Waals surface area contributed by atoms with E-state index < -0.39 is 5.92 Å². The van der Waals surface area contributed by atoms with Gasteiger partial charge in [0.25, 0.3) is 0 Å². The summed E-state index contributed by atoms with van der Waals surface area (Å²) in [5.74, 6) is 5.15. The predicted molar refractivity (Wildman–Crippen MR) is 90.6 cm³/mol. The van der Waals surface area contributed by atoms with E-state index in [0.29, 0.717) is 0 Å². The maximum Gasteiger partial charge on any atom is 0.141 e. The van der Waals surface area contributed by atoms with Crippen LogP contribution in [0.15, 0.2) is 30.3 Å². The summed E-state index contributed by atoms with van der Waals surface area (Å²) in [6.07, 6.45) is 5.52. The zero-order valence-corrected chi connectivity index (χ0v) is 13.9. The van der Waals surface area contributed by atoms with Crippen LogP contribution in [0.5, 0.6) is 0 Å². The van der Waals surface area contributed by atoms with Crippen LogP contribution in [0.2, 0.25) is 0 Å². The maximum atomic E-state index is 11.9. The molecule has 2 nitrogen and oxygen atoms in total. The molecule has 118 valence electrons. The first-order valence-electron chi connectivity index (χ1n) is 8.12. The third kappa shape index (κ3) is 5.85. The maximum absolute atomic E-state index is 11.9. The lowest BCUT2D eigenvalue weighted by Gasteiger charge is -2.18. The number of unbranched alkanes of at least 4 members (excludes halogenated alkanes) is 4. The monoisotopic (exact) mass is 298 g/mol. The number of carbonyl (C=O) groups is 2. The highest BCUT2D eigenvalue weighted by Crippen LogP contribution is 2.26. The highest BCUT2D eigenvalue weighted by atomic mass is 16.1. The van der Waals surface area contributed by atoms with E-state index in [2.05, 4.69) is 18.8 Å². The lowest BCUT2D eigenvalue weighted by atomic mass is 9.81. The molecule has 0 fully saturated rings. The SMILES string of the molecule is CCCCCCC#CC(c1ccccc1)C(C(C)=O)C(C)=O. The van der Waals surface area contributed by atoms with Gasteiger partial charge in [0.15, 0.2) is 0 Å². The Kier molecular flexibility index (Phi) is 8.22. The molecule has 1 unspecified atom stereocenters. The van der Waals surface area contributed by atoms with Gasteiger partial charge < -0.3 is 0 Å². The Bertz CT molecular complexity index is 520. The van der Waals surface area contributed by atoms with E-state index in [1.54, 1.807) is 0 Å². The molecule has 0 bridgehead atoms. The van der Waals surface area contributed by atoms with Gasteiger partial charge in [-0.25, -0.2) is 0 Å². The molecule has 22 heavy (non-hydrogen) atoms. The van der Waals surface area contributed by atoms with Gasteiger partial charge in [0, 0.05) is 6.42 Å². The van der Waals surface area contributed by atoms with Gasteiger partial charge >= 0.3 is 0 Å². The minimum atomic E-state index is -0.662. The summed E-state index contributed by atoms with van der Waals surface area (Å²) >= 11 is 0. The van der Waals surface area contributed by atoms with Crippen molar-refractivity contribution in [1.29, 1.82) is 0 Å². The van der Waals surface area contributed by atoms with Gasteiger partial charge in [-0.15, -0.1) is 5.92 Å². The van der Waals surface area contributed by atoms with Crippen LogP contribution in [0.1, 0.15) is 64.4 Å². The third-order valence-corrected chi connectivity index (χ3v) is 3.78. The summed E-state index contributed by atoms with van der Waals surface area (Å²) < 4.78 is 0. The van der Waals surface area contributed by atoms with E-state index in [1.165, 1.54) is 33.1 Å². The molecule has 1 aromatic rings. The Hall–Kier alpha value is -1.88. The van der Waals surface area contributed by atoms with Crippen LogP contribution >= 0.6 is 0 Å². The average Bonchev–Trinajstić information content (AvgIpc) is 2.49. The number of Topliss-reactive ketones (excluding diaryl/α,β-unsaturated/α-hetero) is 2. The van der Waals surface area contributed by atoms with Crippen molar-refractivity contribution in [3.8, 4) is 11.8 Å². The molecular weight excluding hydrogens is 272 g/mol. The second kappa shape index (κ2) is 9.95. The van der Waals surface area contributed by atoms with Gasteiger partial charge in [-0.1, -0.05) is 62.4 Å². The van der Waals surface area contributed by atoms with Crippen LogP contribution in [-0.2, 0) is 9.59 Å². The Morgan fingerprint density at radius 2 is 1.64 bits per heavy atom. The van der Waals surface area contributed by atoms with Crippen LogP contribution in [0.4, 0.5) is 0 Å². The molecule has 0 amide bonds. The number of benzene rings is 1. The van der Waals surface area contributed by atoms with Gasteiger partial charge in [-0.3, -0.25) is 9.59 Å². The first-order chi connectivity index (χ1) is 10.6. The molecule has 0 saturated carbocycles. The summed E-state index contributed by atoms with van der Waals surface area (Å²) in [5.41, 5.74) is 0.943. The van der Waals surface area contributed by atoms with Crippen molar-refractivity contribution in [2.24, 2.45) is 5.92 Å². The van der Waals surface area contributed by atoms with Crippen LogP contribution in [0, 0.1) is 17.8 Å². The first-order valence-corrected chi connectivity index (χ1v) is 8.12. The minimum Gasteiger partial charge on any atom is -0.299 e. The molecule has 0 spiro atoms. The quantitative estimate of drug-likeness (QED) is 0.401. The van der Waals surface area contributed by atoms with E-state index >= 15 is 0 Å². The fourth-order valence-corrected chi connectivity index (χ4v) is 2.60. The Labute approximate surface area is 134 Å². The first kappa shape index (κ1) is 18.2. The molecule has 0 aliphatic heterocycles. The molecule has 0 heterocycles. The fraction of sp³-hybridized carbons (Fsp3) is 0.500. The summed E-state index contributed by atoms with van der Waals surface area (Å²) in [7, 11) is 0. The number of carbonyl (C=O) groups excluding carboxylic acids is 2. The predicted octanol–water partition coefficient (Wildman–Crippen LogP) is 4.54. The van der Waals surface area contributed by atoms with Crippen molar-refractivity contribution >= 4 is 11.6 Å². The zero-order chi connectivity index (χ0) is 16.4. The van der Waals surface area contributed by atoms with Gasteiger partial charge in [0.05, 0.1) is 11.8 Å². The highest BCUT2D eigenvalue weighted by molar-refractivity contribution is 6.01. The van der Waals surface area contributed by atoms with E-state index in [0.717, 1.165) is 18.4 Å². The van der Waals surface area contributed by atoms with Crippen LogP contribution in [0.25, 0.3) is 0 Å². The summed E-state index contributed by atoms with van der Waals surface area (Å²) in [5, 5.41) is 0. The molecule has 1 rings (SSSR count). The highest BCUT2D eigenvalue weighted by Gasteiger charge is 2.29. The van der Waals surface area contributed by atoms with Gasteiger partial charge in [0.1, 0.15) is 11.6 Å². The Balaban J connectivity index is 2.91. The normalized spacial score (nSPS) is 11.6. The molecule has 0 aliphatic carbocycles. The Morgan fingerprint density at radius 1 is 1.00 bits per heavy atom. The molecule has 0 aliphatic rings. The molecule has 0 N–H and O–H groups in total. The molecule has 2 heteroatoms. The molecule has 0 radical (unpaired) electrons. The standard InChI is InChI=1S/C20H26O2/c1-4-5-6-7-8-12-15-19(18-13-10-9-11-14-18)20(16(2)21)17(3)22/h9-11,13-14,19-20H,4-8H2,1-3H3. The van der Waals surface area contributed by atoms with E-state index in [1.807, 2.05) is 30.3 Å².